The van der Waals surface area contributed by atoms with Crippen LogP contribution < -0.4 is 5.73 Å². The number of nitrogens with two attached hydrogens (primary N) is 1. The molecule has 0 radical (unpaired) electrons. The molecule has 0 saturated heterocycles. The zero-order valence-electron chi connectivity index (χ0n) is 11.3. The lowest BCUT2D eigenvalue weighted by Crippen LogP contribution is -2.53. The monoisotopic (exact) mass is 277 g/mol. The van der Waals surface area contributed by atoms with Gasteiger partial charge in [-0.2, -0.15) is 0 Å². The van der Waals surface area contributed by atoms with Crippen LogP contribution in [0.1, 0.15) is 27.2 Å². The van der Waals surface area contributed by atoms with Crippen LogP contribution in [0, 0.1) is 0 Å². The first-order valence-electron chi connectivity index (χ1n) is 5.46. The van der Waals surface area contributed by atoms with Gasteiger partial charge >= 0.3 is 17.9 Å². The summed E-state index contributed by atoms with van der Waals surface area (Å²) in [4.78, 5) is 33.7. The third kappa shape index (κ3) is 4.84. The molecule has 110 valence electrons. The molecule has 2 atom stereocenters. The molecule has 4 N–H and O–H groups in total. The minimum atomic E-state index is -2.88. The molecule has 0 aromatic heterocycles. The van der Waals surface area contributed by atoms with Gasteiger partial charge in [-0.1, -0.05) is 0 Å². The number of esters is 2. The Morgan fingerprint density at radius 3 is 2.05 bits per heavy atom. The molecule has 0 aliphatic carbocycles. The second-order valence-electron chi connectivity index (χ2n) is 5.00. The van der Waals surface area contributed by atoms with E-state index in [1.165, 1.54) is 0 Å². The number of methoxy groups -OCH3 is 1. The molecule has 0 bridgehead atoms. The molecule has 0 fully saturated rings. The molecule has 0 aromatic rings. The Hall–Kier alpha value is -1.67. The van der Waals surface area contributed by atoms with Crippen LogP contribution in [0.5, 0.6) is 0 Å². The second kappa shape index (κ2) is 5.98. The van der Waals surface area contributed by atoms with Crippen molar-refractivity contribution in [3.05, 3.63) is 0 Å². The second-order valence-corrected chi connectivity index (χ2v) is 5.00. The zero-order valence-corrected chi connectivity index (χ0v) is 11.3. The van der Waals surface area contributed by atoms with Gasteiger partial charge in [-0.3, -0.25) is 4.79 Å². The van der Waals surface area contributed by atoms with E-state index in [0.29, 0.717) is 0 Å². The van der Waals surface area contributed by atoms with E-state index in [4.69, 9.17) is 15.6 Å². The molecule has 8 nitrogen and oxygen atoms in total. The van der Waals surface area contributed by atoms with Gasteiger partial charge in [0.15, 0.2) is 0 Å². The van der Waals surface area contributed by atoms with Crippen LogP contribution >= 0.6 is 0 Å². The molecule has 0 aliphatic rings. The summed E-state index contributed by atoms with van der Waals surface area (Å²) in [7, 11) is 0.912. The highest BCUT2D eigenvalue weighted by Crippen LogP contribution is 2.17. The topological polar surface area (TPSA) is 136 Å². The van der Waals surface area contributed by atoms with Gasteiger partial charge in [-0.15, -0.1) is 0 Å². The first-order chi connectivity index (χ1) is 8.44. The van der Waals surface area contributed by atoms with E-state index in [1.807, 2.05) is 0 Å². The van der Waals surface area contributed by atoms with Crippen LogP contribution in [-0.2, 0) is 23.9 Å². The standard InChI is InChI=1S/C11H19NO7/c1-10(2,3)19-7(13)6(12)5-11(17,8(14)15)9(16)18-4/h6,17H,5,12H2,1-4H3,(H,14,15). The van der Waals surface area contributed by atoms with Crippen LogP contribution in [0.15, 0.2) is 0 Å². The van der Waals surface area contributed by atoms with Crippen molar-refractivity contribution in [2.24, 2.45) is 5.73 Å². The molecule has 0 spiro atoms. The Balaban J connectivity index is 4.93. The van der Waals surface area contributed by atoms with E-state index in [-0.39, 0.29) is 0 Å². The predicted octanol–water partition coefficient (Wildman–Crippen LogP) is -0.966. The highest BCUT2D eigenvalue weighted by molar-refractivity contribution is 6.03. The fourth-order valence-corrected chi connectivity index (χ4v) is 1.21. The predicted molar refractivity (Wildman–Crippen MR) is 63.0 cm³/mol. The number of hydrogen-bond donors (Lipinski definition) is 3. The van der Waals surface area contributed by atoms with Gasteiger partial charge < -0.3 is 25.4 Å². The summed E-state index contributed by atoms with van der Waals surface area (Å²) in [5.41, 5.74) is 1.73. The Labute approximate surface area is 110 Å². The van der Waals surface area contributed by atoms with E-state index in [9.17, 15) is 19.5 Å². The highest BCUT2D eigenvalue weighted by atomic mass is 16.6. The summed E-state index contributed by atoms with van der Waals surface area (Å²) in [5, 5.41) is 18.6. The van der Waals surface area contributed by atoms with E-state index >= 15 is 0 Å². The molecule has 0 aromatic carbocycles. The minimum Gasteiger partial charge on any atom is -0.479 e. The number of ether oxygens (including phenoxy) is 2. The van der Waals surface area contributed by atoms with Crippen molar-refractivity contribution in [3.8, 4) is 0 Å². The molecule has 0 rings (SSSR count). The van der Waals surface area contributed by atoms with Gasteiger partial charge in [0.2, 0.25) is 0 Å². The minimum absolute atomic E-state index is 0.818. The number of hydrogen-bond acceptors (Lipinski definition) is 7. The van der Waals surface area contributed by atoms with E-state index in [2.05, 4.69) is 4.74 Å². The van der Waals surface area contributed by atoms with E-state index in [0.717, 1.165) is 7.11 Å². The third-order valence-corrected chi connectivity index (χ3v) is 2.10. The fourth-order valence-electron chi connectivity index (χ4n) is 1.21. The van der Waals surface area contributed by atoms with Gasteiger partial charge in [-0.25, -0.2) is 9.59 Å². The van der Waals surface area contributed by atoms with Crippen molar-refractivity contribution in [2.45, 2.75) is 44.4 Å². The number of carbonyl (C=O) groups is 3. The number of aliphatic hydroxyl groups is 1. The van der Waals surface area contributed by atoms with Crippen molar-refractivity contribution in [3.63, 3.8) is 0 Å². The summed E-state index contributed by atoms with van der Waals surface area (Å²) in [5.74, 6) is -4.17. The third-order valence-electron chi connectivity index (χ3n) is 2.10. The number of aliphatic carboxylic acids is 1. The van der Waals surface area contributed by atoms with Crippen LogP contribution in [0.4, 0.5) is 0 Å². The zero-order chi connectivity index (χ0) is 15.4. The maximum absolute atomic E-state index is 11.6. The number of rotatable bonds is 5. The van der Waals surface area contributed by atoms with Crippen molar-refractivity contribution in [1.29, 1.82) is 0 Å². The summed E-state index contributed by atoms with van der Waals surface area (Å²) in [6.07, 6.45) is -0.843. The lowest BCUT2D eigenvalue weighted by molar-refractivity contribution is -0.180. The van der Waals surface area contributed by atoms with Crippen LogP contribution in [0.25, 0.3) is 0 Å². The maximum atomic E-state index is 11.6. The van der Waals surface area contributed by atoms with E-state index in [1.54, 1.807) is 20.8 Å². The van der Waals surface area contributed by atoms with Crippen molar-refractivity contribution in [2.75, 3.05) is 7.11 Å². The van der Waals surface area contributed by atoms with Crippen LogP contribution in [0.2, 0.25) is 0 Å². The number of carboxylic acids is 1. The first kappa shape index (κ1) is 17.3. The highest BCUT2D eigenvalue weighted by Gasteiger charge is 2.48. The molecular weight excluding hydrogens is 258 g/mol. The van der Waals surface area contributed by atoms with Crippen LogP contribution in [0.3, 0.4) is 0 Å². The number of carbonyl (C=O) groups excluding carboxylic acids is 2. The van der Waals surface area contributed by atoms with Crippen molar-refractivity contribution >= 4 is 17.9 Å². The lowest BCUT2D eigenvalue weighted by atomic mass is 9.95. The van der Waals surface area contributed by atoms with Crippen LogP contribution in [-0.4, -0.2) is 52.5 Å². The van der Waals surface area contributed by atoms with Gasteiger partial charge in [0, 0.05) is 6.42 Å². The Morgan fingerprint density at radius 2 is 1.74 bits per heavy atom. The van der Waals surface area contributed by atoms with Gasteiger partial charge in [0.25, 0.3) is 5.60 Å². The van der Waals surface area contributed by atoms with Crippen molar-refractivity contribution < 1.29 is 34.1 Å². The quantitative estimate of drug-likeness (QED) is 0.431. The van der Waals surface area contributed by atoms with Gasteiger partial charge in [0.05, 0.1) is 7.11 Å². The Kier molecular flexibility index (Phi) is 5.46. The average molecular weight is 277 g/mol. The SMILES string of the molecule is COC(=O)C(O)(CC(N)C(=O)OC(C)(C)C)C(=O)O. The number of carboxylic acid groups (broad SMARTS) is 1. The molecule has 0 heterocycles. The molecule has 19 heavy (non-hydrogen) atoms. The summed E-state index contributed by atoms with van der Waals surface area (Å²) in [6.45, 7) is 4.80. The summed E-state index contributed by atoms with van der Waals surface area (Å²) < 4.78 is 9.10. The smallest absolute Gasteiger partial charge is 0.349 e. The molecular formula is C11H19NO7. The van der Waals surface area contributed by atoms with Crippen molar-refractivity contribution in [1.82, 2.24) is 0 Å². The van der Waals surface area contributed by atoms with Gasteiger partial charge in [0.1, 0.15) is 11.6 Å². The Bertz CT molecular complexity index is 374. The first-order valence-corrected chi connectivity index (χ1v) is 5.46. The molecule has 8 heteroatoms. The molecule has 0 saturated carbocycles. The Morgan fingerprint density at radius 1 is 1.26 bits per heavy atom. The molecule has 0 aliphatic heterocycles. The normalized spacial score (nSPS) is 16.1. The fraction of sp³-hybridized carbons (Fsp3) is 0.727. The lowest BCUT2D eigenvalue weighted by Gasteiger charge is -2.26. The summed E-state index contributed by atoms with van der Waals surface area (Å²) >= 11 is 0. The maximum Gasteiger partial charge on any atom is 0.349 e. The van der Waals surface area contributed by atoms with Gasteiger partial charge in [-0.05, 0) is 20.8 Å². The molecule has 0 amide bonds. The molecule has 2 unspecified atom stereocenters. The summed E-state index contributed by atoms with van der Waals surface area (Å²) in [6, 6.07) is -1.47. The largest absolute Gasteiger partial charge is 0.479 e. The average Bonchev–Trinajstić information content (AvgIpc) is 2.24. The van der Waals surface area contributed by atoms with E-state index < -0.39 is 41.6 Å².